The molecule has 0 bridgehead atoms. The zero-order chi connectivity index (χ0) is 21.2. The first kappa shape index (κ1) is 21.0. The highest BCUT2D eigenvalue weighted by atomic mass is 32.2. The fourth-order valence-corrected chi connectivity index (χ4v) is 5.43. The normalized spacial score (nSPS) is 18.7. The van der Waals surface area contributed by atoms with Crippen LogP contribution in [0.15, 0.2) is 48.5 Å². The van der Waals surface area contributed by atoms with Crippen LogP contribution in [0.2, 0.25) is 0 Å². The summed E-state index contributed by atoms with van der Waals surface area (Å²) in [5.74, 6) is -0.549. The van der Waals surface area contributed by atoms with Crippen molar-refractivity contribution in [3.8, 4) is 0 Å². The topological polar surface area (TPSA) is 75.7 Å². The third kappa shape index (κ3) is 4.40. The van der Waals surface area contributed by atoms with Gasteiger partial charge in [0.05, 0.1) is 24.4 Å². The van der Waals surface area contributed by atoms with E-state index in [1.54, 1.807) is 24.3 Å². The molecule has 1 aliphatic carbocycles. The van der Waals surface area contributed by atoms with Crippen molar-refractivity contribution in [1.82, 2.24) is 9.62 Å². The van der Waals surface area contributed by atoms with Crippen LogP contribution in [0, 0.1) is 5.82 Å². The minimum atomic E-state index is -3.46. The van der Waals surface area contributed by atoms with Gasteiger partial charge in [0.2, 0.25) is 15.9 Å². The van der Waals surface area contributed by atoms with Crippen LogP contribution in [-0.4, -0.2) is 44.9 Å². The number of halogens is 1. The maximum Gasteiger partial charge on any atom is 0.230 e. The van der Waals surface area contributed by atoms with Crippen LogP contribution in [0.3, 0.4) is 0 Å². The Morgan fingerprint density at radius 2 is 1.67 bits per heavy atom. The highest BCUT2D eigenvalue weighted by Gasteiger charge is 2.51. The Morgan fingerprint density at radius 3 is 2.30 bits per heavy atom. The Bertz CT molecular complexity index is 1010. The molecule has 0 radical (unpaired) electrons. The Kier molecular flexibility index (Phi) is 5.90. The number of morpholine rings is 1. The fraction of sp³-hybridized carbons (Fsp3) is 0.409. The van der Waals surface area contributed by atoms with Gasteiger partial charge in [-0.3, -0.25) is 4.79 Å². The average Bonchev–Trinajstić information content (AvgIpc) is 3.56. The number of carbonyl (C=O) groups is 1. The number of benzene rings is 2. The standard InChI is InChI=1S/C22H25FN2O4S/c23-20-7-5-19(6-8-20)22(9-10-22)21(26)24-15-17-3-1-2-4-18(17)16-30(27,28)25-11-13-29-14-12-25/h1-8H,9-16H2,(H,24,26). The lowest BCUT2D eigenvalue weighted by atomic mass is 9.95. The second-order valence-corrected chi connectivity index (χ2v) is 9.78. The second-order valence-electron chi connectivity index (χ2n) is 7.81. The number of rotatable bonds is 7. The number of sulfonamides is 1. The molecule has 1 aliphatic heterocycles. The molecular weight excluding hydrogens is 407 g/mol. The molecule has 2 aromatic carbocycles. The molecule has 1 saturated carbocycles. The second kappa shape index (κ2) is 8.45. The quantitative estimate of drug-likeness (QED) is 0.729. The van der Waals surface area contributed by atoms with Crippen LogP contribution in [0.25, 0.3) is 0 Å². The number of ether oxygens (including phenoxy) is 1. The lowest BCUT2D eigenvalue weighted by Crippen LogP contribution is -2.41. The summed E-state index contributed by atoms with van der Waals surface area (Å²) < 4.78 is 45.5. The van der Waals surface area contributed by atoms with Gasteiger partial charge in [0.1, 0.15) is 5.82 Å². The number of hydrogen-bond donors (Lipinski definition) is 1. The van der Waals surface area contributed by atoms with E-state index < -0.39 is 15.4 Å². The van der Waals surface area contributed by atoms with Crippen LogP contribution in [0.5, 0.6) is 0 Å². The maximum absolute atomic E-state index is 13.2. The van der Waals surface area contributed by atoms with Gasteiger partial charge in [0.25, 0.3) is 0 Å². The molecule has 1 saturated heterocycles. The van der Waals surface area contributed by atoms with Crippen molar-refractivity contribution >= 4 is 15.9 Å². The number of amides is 1. The molecule has 0 atom stereocenters. The third-order valence-electron chi connectivity index (χ3n) is 5.84. The van der Waals surface area contributed by atoms with Gasteiger partial charge in [0, 0.05) is 19.6 Å². The van der Waals surface area contributed by atoms with Gasteiger partial charge in [-0.05, 0) is 41.7 Å². The summed E-state index contributed by atoms with van der Waals surface area (Å²) in [6.45, 7) is 1.78. The SMILES string of the molecule is O=C(NCc1ccccc1CS(=O)(=O)N1CCOCC1)C1(c2ccc(F)cc2)CC1. The van der Waals surface area contributed by atoms with E-state index in [2.05, 4.69) is 5.32 Å². The Labute approximate surface area is 176 Å². The minimum Gasteiger partial charge on any atom is -0.379 e. The van der Waals surface area contributed by atoms with Crippen LogP contribution < -0.4 is 5.32 Å². The van der Waals surface area contributed by atoms with Crippen molar-refractivity contribution in [2.75, 3.05) is 26.3 Å². The summed E-state index contributed by atoms with van der Waals surface area (Å²) in [5.41, 5.74) is 1.65. The summed E-state index contributed by atoms with van der Waals surface area (Å²) >= 11 is 0. The predicted molar refractivity (Wildman–Crippen MR) is 111 cm³/mol. The zero-order valence-electron chi connectivity index (χ0n) is 16.6. The van der Waals surface area contributed by atoms with Crippen molar-refractivity contribution in [2.24, 2.45) is 0 Å². The van der Waals surface area contributed by atoms with Gasteiger partial charge >= 0.3 is 0 Å². The maximum atomic E-state index is 13.2. The zero-order valence-corrected chi connectivity index (χ0v) is 17.5. The van der Waals surface area contributed by atoms with Crippen molar-refractivity contribution in [2.45, 2.75) is 30.6 Å². The summed E-state index contributed by atoms with van der Waals surface area (Å²) in [4.78, 5) is 12.9. The van der Waals surface area contributed by atoms with Gasteiger partial charge in [-0.15, -0.1) is 0 Å². The van der Waals surface area contributed by atoms with E-state index in [0.717, 1.165) is 24.0 Å². The molecule has 0 spiro atoms. The van der Waals surface area contributed by atoms with E-state index in [4.69, 9.17) is 4.74 Å². The Morgan fingerprint density at radius 1 is 1.03 bits per heavy atom. The van der Waals surface area contributed by atoms with Gasteiger partial charge in [-0.1, -0.05) is 36.4 Å². The van der Waals surface area contributed by atoms with Gasteiger partial charge in [-0.25, -0.2) is 12.8 Å². The summed E-state index contributed by atoms with van der Waals surface area (Å²) in [6.07, 6.45) is 1.44. The Hall–Kier alpha value is -2.29. The molecule has 1 heterocycles. The molecule has 30 heavy (non-hydrogen) atoms. The number of nitrogens with one attached hydrogen (secondary N) is 1. The lowest BCUT2D eigenvalue weighted by Gasteiger charge is -2.26. The molecule has 2 aromatic rings. The van der Waals surface area contributed by atoms with Crippen molar-refractivity contribution in [1.29, 1.82) is 0 Å². The first-order chi connectivity index (χ1) is 14.4. The molecule has 2 fully saturated rings. The molecule has 6 nitrogen and oxygen atoms in total. The highest BCUT2D eigenvalue weighted by Crippen LogP contribution is 2.48. The molecule has 1 amide bonds. The molecule has 160 valence electrons. The van der Waals surface area contributed by atoms with E-state index in [9.17, 15) is 17.6 Å². The van der Waals surface area contributed by atoms with Crippen LogP contribution in [0.1, 0.15) is 29.5 Å². The van der Waals surface area contributed by atoms with Gasteiger partial charge in [-0.2, -0.15) is 4.31 Å². The number of hydrogen-bond acceptors (Lipinski definition) is 4. The van der Waals surface area contributed by atoms with Gasteiger partial charge < -0.3 is 10.1 Å². The van der Waals surface area contributed by atoms with E-state index in [1.807, 2.05) is 12.1 Å². The van der Waals surface area contributed by atoms with E-state index in [0.29, 0.717) is 31.9 Å². The lowest BCUT2D eigenvalue weighted by molar-refractivity contribution is -0.123. The highest BCUT2D eigenvalue weighted by molar-refractivity contribution is 7.88. The number of nitrogens with zero attached hydrogens (tertiary/aromatic N) is 1. The number of carbonyl (C=O) groups excluding carboxylic acids is 1. The Balaban J connectivity index is 1.44. The van der Waals surface area contributed by atoms with E-state index in [1.165, 1.54) is 16.4 Å². The average molecular weight is 433 g/mol. The largest absolute Gasteiger partial charge is 0.379 e. The van der Waals surface area contributed by atoms with E-state index >= 15 is 0 Å². The molecule has 4 rings (SSSR count). The third-order valence-corrected chi connectivity index (χ3v) is 7.67. The first-order valence-electron chi connectivity index (χ1n) is 10.1. The van der Waals surface area contributed by atoms with Crippen LogP contribution >= 0.6 is 0 Å². The van der Waals surface area contributed by atoms with Crippen LogP contribution in [-0.2, 0) is 37.3 Å². The summed E-state index contributed by atoms with van der Waals surface area (Å²) in [6, 6.07) is 13.3. The van der Waals surface area contributed by atoms with Crippen molar-refractivity contribution in [3.05, 3.63) is 71.0 Å². The smallest absolute Gasteiger partial charge is 0.230 e. The summed E-state index contributed by atoms with van der Waals surface area (Å²) in [7, 11) is -3.46. The predicted octanol–water partition coefficient (Wildman–Crippen LogP) is 2.34. The van der Waals surface area contributed by atoms with Crippen LogP contribution in [0.4, 0.5) is 4.39 Å². The molecule has 1 N–H and O–H groups in total. The molecule has 0 unspecified atom stereocenters. The summed E-state index contributed by atoms with van der Waals surface area (Å²) in [5, 5.41) is 2.96. The van der Waals surface area contributed by atoms with E-state index in [-0.39, 0.29) is 24.0 Å². The first-order valence-corrected chi connectivity index (χ1v) is 11.7. The monoisotopic (exact) mass is 432 g/mol. The van der Waals surface area contributed by atoms with Crippen molar-refractivity contribution < 1.29 is 22.3 Å². The molecule has 8 heteroatoms. The molecule has 0 aromatic heterocycles. The fourth-order valence-electron chi connectivity index (χ4n) is 3.87. The van der Waals surface area contributed by atoms with Crippen molar-refractivity contribution in [3.63, 3.8) is 0 Å². The molecule has 2 aliphatic rings. The molecular formula is C22H25FN2O4S. The van der Waals surface area contributed by atoms with Gasteiger partial charge in [0.15, 0.2) is 0 Å². The minimum absolute atomic E-state index is 0.109.